The first-order valence-corrected chi connectivity index (χ1v) is 6.83. The van der Waals surface area contributed by atoms with Gasteiger partial charge in [0.15, 0.2) is 0 Å². The van der Waals surface area contributed by atoms with Gasteiger partial charge in [-0.2, -0.15) is 0 Å². The Balaban J connectivity index is 2.17. The van der Waals surface area contributed by atoms with E-state index in [4.69, 9.17) is 4.42 Å². The van der Waals surface area contributed by atoms with Crippen molar-refractivity contribution in [3.8, 4) is 0 Å². The molecule has 0 saturated carbocycles. The highest BCUT2D eigenvalue weighted by atomic mass is 79.9. The van der Waals surface area contributed by atoms with E-state index in [0.29, 0.717) is 0 Å². The van der Waals surface area contributed by atoms with Crippen molar-refractivity contribution in [2.24, 2.45) is 0 Å². The number of nitrogens with one attached hydrogen (secondary N) is 1. The summed E-state index contributed by atoms with van der Waals surface area (Å²) >= 11 is 3.43. The lowest BCUT2D eigenvalue weighted by Gasteiger charge is -2.16. The van der Waals surface area contributed by atoms with E-state index in [9.17, 15) is 4.79 Å². The quantitative estimate of drug-likeness (QED) is 0.875. The fourth-order valence-corrected chi connectivity index (χ4v) is 2.33. The molecule has 19 heavy (non-hydrogen) atoms. The average molecular weight is 326 g/mol. The van der Waals surface area contributed by atoms with Gasteiger partial charge >= 0.3 is 5.97 Å². The zero-order chi connectivity index (χ0) is 14.0. The molecule has 2 aromatic rings. The van der Waals surface area contributed by atoms with Gasteiger partial charge in [0.25, 0.3) is 0 Å². The number of carbonyl (C=O) groups is 1. The van der Waals surface area contributed by atoms with E-state index in [-0.39, 0.29) is 18.1 Å². The van der Waals surface area contributed by atoms with Gasteiger partial charge in [0.1, 0.15) is 17.4 Å². The molecule has 0 radical (unpaired) electrons. The number of hydrogen-bond donors (Lipinski definition) is 1. The summed E-state index contributed by atoms with van der Waals surface area (Å²) in [4.78, 5) is 11.4. The number of carbonyl (C=O) groups excluding carboxylic acids is 1. The second kappa shape index (κ2) is 5.75. The predicted octanol–water partition coefficient (Wildman–Crippen LogP) is 3.41. The Labute approximate surface area is 120 Å². The summed E-state index contributed by atoms with van der Waals surface area (Å²) in [6.07, 6.45) is 0. The van der Waals surface area contributed by atoms with E-state index in [0.717, 1.165) is 21.2 Å². The maximum absolute atomic E-state index is 11.4. The fraction of sp³-hybridized carbons (Fsp3) is 0.357. The Morgan fingerprint density at radius 1 is 1.37 bits per heavy atom. The van der Waals surface area contributed by atoms with Gasteiger partial charge in [0.2, 0.25) is 0 Å². The highest BCUT2D eigenvalue weighted by Crippen LogP contribution is 2.26. The van der Waals surface area contributed by atoms with Gasteiger partial charge in [-0.3, -0.25) is 10.1 Å². The summed E-state index contributed by atoms with van der Waals surface area (Å²) in [6.45, 7) is 3.72. The molecular formula is C14H16BrNO3. The van der Waals surface area contributed by atoms with E-state index >= 15 is 0 Å². The summed E-state index contributed by atoms with van der Waals surface area (Å²) < 4.78 is 11.5. The van der Waals surface area contributed by atoms with Crippen LogP contribution in [-0.4, -0.2) is 19.1 Å². The summed E-state index contributed by atoms with van der Waals surface area (Å²) in [5.74, 6) is 0.509. The summed E-state index contributed by atoms with van der Waals surface area (Å²) in [6, 6.07) is 7.38. The first kappa shape index (κ1) is 14.1. The molecule has 5 heteroatoms. The maximum atomic E-state index is 11.4. The van der Waals surface area contributed by atoms with Crippen LogP contribution >= 0.6 is 15.9 Å². The van der Waals surface area contributed by atoms with Crippen molar-refractivity contribution < 1.29 is 13.9 Å². The van der Waals surface area contributed by atoms with Crippen LogP contribution in [0.3, 0.4) is 0 Å². The Bertz CT molecular complexity index is 593. The van der Waals surface area contributed by atoms with Crippen LogP contribution in [0.25, 0.3) is 11.0 Å². The molecule has 102 valence electrons. The van der Waals surface area contributed by atoms with Gasteiger partial charge in [0, 0.05) is 9.86 Å². The summed E-state index contributed by atoms with van der Waals surface area (Å²) in [7, 11) is 1.38. The van der Waals surface area contributed by atoms with Crippen molar-refractivity contribution in [1.29, 1.82) is 0 Å². The molecule has 4 nitrogen and oxygen atoms in total. The fourth-order valence-electron chi connectivity index (χ4n) is 1.95. The van der Waals surface area contributed by atoms with Crippen molar-refractivity contribution in [1.82, 2.24) is 5.32 Å². The van der Waals surface area contributed by atoms with Gasteiger partial charge in [-0.15, -0.1) is 0 Å². The predicted molar refractivity (Wildman–Crippen MR) is 76.9 cm³/mol. The molecule has 2 rings (SSSR count). The summed E-state index contributed by atoms with van der Waals surface area (Å²) in [5.41, 5.74) is 0.831. The van der Waals surface area contributed by atoms with Crippen LogP contribution in [-0.2, 0) is 9.53 Å². The number of ether oxygens (including phenoxy) is 1. The molecule has 0 aliphatic heterocycles. The number of methoxy groups -OCH3 is 1. The lowest BCUT2D eigenvalue weighted by molar-refractivity contribution is -0.142. The van der Waals surface area contributed by atoms with Crippen LogP contribution in [0, 0.1) is 0 Å². The lowest BCUT2D eigenvalue weighted by Crippen LogP contribution is -2.36. The third-order valence-electron chi connectivity index (χ3n) is 2.98. The normalized spacial score (nSPS) is 14.3. The van der Waals surface area contributed by atoms with E-state index < -0.39 is 0 Å². The number of hydrogen-bond acceptors (Lipinski definition) is 4. The first-order valence-electron chi connectivity index (χ1n) is 6.04. The van der Waals surface area contributed by atoms with E-state index in [1.54, 1.807) is 6.92 Å². The molecule has 0 bridgehead atoms. The molecular weight excluding hydrogens is 310 g/mol. The zero-order valence-electron chi connectivity index (χ0n) is 11.1. The smallest absolute Gasteiger partial charge is 0.322 e. The number of rotatable bonds is 4. The van der Waals surface area contributed by atoms with Crippen LogP contribution in [0.1, 0.15) is 25.6 Å². The van der Waals surface area contributed by atoms with Gasteiger partial charge in [-0.1, -0.05) is 15.9 Å². The SMILES string of the molecule is COC(=O)C(C)NC(C)c1cc2cc(Br)ccc2o1. The summed E-state index contributed by atoms with van der Waals surface area (Å²) in [5, 5.41) is 4.17. The molecule has 1 heterocycles. The molecule has 0 spiro atoms. The zero-order valence-corrected chi connectivity index (χ0v) is 12.7. The van der Waals surface area contributed by atoms with Gasteiger partial charge in [0.05, 0.1) is 13.2 Å². The molecule has 0 aliphatic carbocycles. The molecule has 2 atom stereocenters. The van der Waals surface area contributed by atoms with Crippen molar-refractivity contribution in [2.75, 3.05) is 7.11 Å². The van der Waals surface area contributed by atoms with Crippen LogP contribution in [0.2, 0.25) is 0 Å². The average Bonchev–Trinajstić information content (AvgIpc) is 2.80. The van der Waals surface area contributed by atoms with Crippen molar-refractivity contribution >= 4 is 32.9 Å². The van der Waals surface area contributed by atoms with Gasteiger partial charge in [-0.25, -0.2) is 0 Å². The third kappa shape index (κ3) is 3.16. The van der Waals surface area contributed by atoms with E-state index in [2.05, 4.69) is 26.0 Å². The Morgan fingerprint density at radius 3 is 2.79 bits per heavy atom. The molecule has 2 unspecified atom stereocenters. The molecule has 1 aromatic heterocycles. The van der Waals surface area contributed by atoms with E-state index in [1.165, 1.54) is 7.11 Å². The molecule has 1 aromatic carbocycles. The number of esters is 1. The number of fused-ring (bicyclic) bond motifs is 1. The minimum atomic E-state index is -0.375. The lowest BCUT2D eigenvalue weighted by atomic mass is 10.2. The van der Waals surface area contributed by atoms with Gasteiger partial charge in [-0.05, 0) is 38.1 Å². The number of benzene rings is 1. The van der Waals surface area contributed by atoms with Crippen molar-refractivity contribution in [2.45, 2.75) is 25.9 Å². The third-order valence-corrected chi connectivity index (χ3v) is 3.47. The molecule has 0 fully saturated rings. The van der Waals surface area contributed by atoms with Crippen molar-refractivity contribution in [3.63, 3.8) is 0 Å². The first-order chi connectivity index (χ1) is 9.01. The largest absolute Gasteiger partial charge is 0.468 e. The van der Waals surface area contributed by atoms with Crippen molar-refractivity contribution in [3.05, 3.63) is 34.5 Å². The Morgan fingerprint density at radius 2 is 2.11 bits per heavy atom. The minimum absolute atomic E-state index is 0.0692. The number of halogens is 1. The van der Waals surface area contributed by atoms with Crippen LogP contribution in [0.15, 0.2) is 33.2 Å². The highest BCUT2D eigenvalue weighted by Gasteiger charge is 2.18. The molecule has 0 saturated heterocycles. The standard InChI is InChI=1S/C14H16BrNO3/c1-8(16-9(2)14(17)18-3)13-7-10-6-11(15)4-5-12(10)19-13/h4-9,16H,1-3H3. The highest BCUT2D eigenvalue weighted by molar-refractivity contribution is 9.10. The topological polar surface area (TPSA) is 51.5 Å². The second-order valence-corrected chi connectivity index (χ2v) is 5.38. The van der Waals surface area contributed by atoms with Gasteiger partial charge < -0.3 is 9.15 Å². The van der Waals surface area contributed by atoms with Crippen LogP contribution in [0.4, 0.5) is 0 Å². The Kier molecular flexibility index (Phi) is 4.27. The monoisotopic (exact) mass is 325 g/mol. The molecule has 1 N–H and O–H groups in total. The van der Waals surface area contributed by atoms with Crippen LogP contribution in [0.5, 0.6) is 0 Å². The Hall–Kier alpha value is -1.33. The molecule has 0 amide bonds. The second-order valence-electron chi connectivity index (χ2n) is 4.46. The minimum Gasteiger partial charge on any atom is -0.468 e. The molecule has 0 aliphatic rings. The van der Waals surface area contributed by atoms with Crippen LogP contribution < -0.4 is 5.32 Å². The number of furan rings is 1. The van der Waals surface area contributed by atoms with E-state index in [1.807, 2.05) is 31.2 Å². The maximum Gasteiger partial charge on any atom is 0.322 e.